The summed E-state index contributed by atoms with van der Waals surface area (Å²) >= 11 is 3.07. The predicted molar refractivity (Wildman–Crippen MR) is 111 cm³/mol. The normalized spacial score (nSPS) is 11.2. The Labute approximate surface area is 169 Å². The highest BCUT2D eigenvalue weighted by atomic mass is 32.2. The molecule has 2 aromatic heterocycles. The number of hydrazone groups is 1. The molecule has 0 spiro atoms. The number of aromatic nitrogens is 1. The fraction of sp³-hybridized carbons (Fsp3) is 0.0500. The van der Waals surface area contributed by atoms with Crippen LogP contribution in [0.25, 0.3) is 10.2 Å². The highest BCUT2D eigenvalue weighted by Gasteiger charge is 2.09. The SMILES string of the molecule is COc1cccc(C(=O)N/N=C/c2ccc(Sc3nc4ccccc4s3)o2)c1. The zero-order valence-corrected chi connectivity index (χ0v) is 16.4. The van der Waals surface area contributed by atoms with E-state index in [-0.39, 0.29) is 5.91 Å². The molecule has 0 bridgehead atoms. The van der Waals surface area contributed by atoms with Crippen molar-refractivity contribution in [3.8, 4) is 5.75 Å². The largest absolute Gasteiger partial charge is 0.497 e. The number of hydrogen-bond donors (Lipinski definition) is 1. The van der Waals surface area contributed by atoms with Crippen molar-refractivity contribution in [1.82, 2.24) is 10.4 Å². The van der Waals surface area contributed by atoms with E-state index in [2.05, 4.69) is 15.5 Å². The van der Waals surface area contributed by atoms with E-state index in [1.54, 1.807) is 48.8 Å². The molecule has 2 heterocycles. The summed E-state index contributed by atoms with van der Waals surface area (Å²) < 4.78 is 12.9. The zero-order valence-electron chi connectivity index (χ0n) is 14.8. The van der Waals surface area contributed by atoms with Crippen LogP contribution in [-0.2, 0) is 0 Å². The Morgan fingerprint density at radius 3 is 2.96 bits per heavy atom. The van der Waals surface area contributed by atoms with Crippen molar-refractivity contribution < 1.29 is 13.9 Å². The van der Waals surface area contributed by atoms with E-state index in [0.717, 1.165) is 14.6 Å². The van der Waals surface area contributed by atoms with Gasteiger partial charge in [-0.05, 0) is 54.2 Å². The molecular formula is C20H15N3O3S2. The quantitative estimate of drug-likeness (QED) is 0.365. The first-order valence-corrected chi connectivity index (χ1v) is 9.95. The molecule has 0 radical (unpaired) electrons. The monoisotopic (exact) mass is 409 g/mol. The standard InChI is InChI=1S/C20H15N3O3S2/c1-25-14-6-4-5-13(11-14)19(24)23-21-12-15-9-10-18(26-15)28-20-22-16-7-2-3-8-17(16)27-20/h2-12H,1H3,(H,23,24)/b21-12+. The van der Waals surface area contributed by atoms with Gasteiger partial charge in [-0.2, -0.15) is 5.10 Å². The molecule has 4 aromatic rings. The number of nitrogens with zero attached hydrogens (tertiary/aromatic N) is 2. The van der Waals surface area contributed by atoms with Crippen LogP contribution in [-0.4, -0.2) is 24.2 Å². The van der Waals surface area contributed by atoms with Gasteiger partial charge >= 0.3 is 0 Å². The van der Waals surface area contributed by atoms with E-state index in [1.807, 2.05) is 30.3 Å². The molecular weight excluding hydrogens is 394 g/mol. The van der Waals surface area contributed by atoms with Crippen LogP contribution in [0.4, 0.5) is 0 Å². The number of furan rings is 1. The number of fused-ring (bicyclic) bond motifs is 1. The number of para-hydroxylation sites is 1. The van der Waals surface area contributed by atoms with Gasteiger partial charge in [-0.15, -0.1) is 11.3 Å². The number of ether oxygens (including phenoxy) is 1. The average Bonchev–Trinajstić information content (AvgIpc) is 3.34. The van der Waals surface area contributed by atoms with E-state index in [0.29, 0.717) is 22.2 Å². The lowest BCUT2D eigenvalue weighted by atomic mass is 10.2. The lowest BCUT2D eigenvalue weighted by molar-refractivity contribution is 0.0954. The van der Waals surface area contributed by atoms with E-state index < -0.39 is 0 Å². The molecule has 0 fully saturated rings. The van der Waals surface area contributed by atoms with Gasteiger partial charge in [0, 0.05) is 5.56 Å². The van der Waals surface area contributed by atoms with Gasteiger partial charge in [-0.25, -0.2) is 10.4 Å². The molecule has 2 aromatic carbocycles. The van der Waals surface area contributed by atoms with Gasteiger partial charge in [0.2, 0.25) is 0 Å². The highest BCUT2D eigenvalue weighted by molar-refractivity contribution is 8.01. The Morgan fingerprint density at radius 2 is 2.11 bits per heavy atom. The van der Waals surface area contributed by atoms with Crippen LogP contribution in [0.3, 0.4) is 0 Å². The van der Waals surface area contributed by atoms with E-state index in [9.17, 15) is 4.79 Å². The molecule has 28 heavy (non-hydrogen) atoms. The molecule has 0 saturated carbocycles. The maximum absolute atomic E-state index is 12.1. The smallest absolute Gasteiger partial charge is 0.271 e. The molecule has 0 saturated heterocycles. The molecule has 8 heteroatoms. The molecule has 0 atom stereocenters. The number of hydrogen-bond acceptors (Lipinski definition) is 7. The van der Waals surface area contributed by atoms with Gasteiger partial charge in [0.25, 0.3) is 5.91 Å². The van der Waals surface area contributed by atoms with E-state index in [4.69, 9.17) is 9.15 Å². The second-order valence-corrected chi connectivity index (χ2v) is 7.92. The van der Waals surface area contributed by atoms with Gasteiger partial charge in [-0.3, -0.25) is 4.79 Å². The fourth-order valence-electron chi connectivity index (χ4n) is 2.42. The minimum absolute atomic E-state index is 0.328. The van der Waals surface area contributed by atoms with Crippen molar-refractivity contribution in [2.45, 2.75) is 9.43 Å². The molecule has 1 amide bonds. The number of methoxy groups -OCH3 is 1. The zero-order chi connectivity index (χ0) is 19.3. The number of nitrogens with one attached hydrogen (secondary N) is 1. The number of carbonyl (C=O) groups is 1. The Morgan fingerprint density at radius 1 is 1.21 bits per heavy atom. The third kappa shape index (κ3) is 4.24. The molecule has 0 aliphatic rings. The van der Waals surface area contributed by atoms with Gasteiger partial charge in [0.15, 0.2) is 9.43 Å². The summed E-state index contributed by atoms with van der Waals surface area (Å²) in [7, 11) is 1.55. The number of thiazole rings is 1. The van der Waals surface area contributed by atoms with Crippen molar-refractivity contribution in [1.29, 1.82) is 0 Å². The predicted octanol–water partition coefficient (Wildman–Crippen LogP) is 4.81. The number of carbonyl (C=O) groups excluding carboxylic acids is 1. The van der Waals surface area contributed by atoms with Crippen molar-refractivity contribution in [3.05, 3.63) is 72.0 Å². The lowest BCUT2D eigenvalue weighted by Crippen LogP contribution is -2.17. The first-order valence-electron chi connectivity index (χ1n) is 8.32. The lowest BCUT2D eigenvalue weighted by Gasteiger charge is -2.02. The molecule has 1 N–H and O–H groups in total. The van der Waals surface area contributed by atoms with Gasteiger partial charge in [-0.1, -0.05) is 18.2 Å². The van der Waals surface area contributed by atoms with Gasteiger partial charge in [0.05, 0.1) is 23.5 Å². The topological polar surface area (TPSA) is 76.7 Å². The van der Waals surface area contributed by atoms with Crippen molar-refractivity contribution >= 4 is 45.4 Å². The Kier molecular flexibility index (Phi) is 5.41. The Bertz CT molecular complexity index is 1120. The highest BCUT2D eigenvalue weighted by Crippen LogP contribution is 2.34. The van der Waals surface area contributed by atoms with Crippen LogP contribution in [0.2, 0.25) is 0 Å². The second-order valence-electron chi connectivity index (χ2n) is 5.64. The van der Waals surface area contributed by atoms with E-state index in [1.165, 1.54) is 18.0 Å². The minimum atomic E-state index is -0.328. The van der Waals surface area contributed by atoms with Crippen LogP contribution in [0.1, 0.15) is 16.1 Å². The fourth-order valence-corrected chi connectivity index (χ4v) is 4.39. The van der Waals surface area contributed by atoms with Crippen molar-refractivity contribution in [2.24, 2.45) is 5.10 Å². The maximum atomic E-state index is 12.1. The maximum Gasteiger partial charge on any atom is 0.271 e. The van der Waals surface area contributed by atoms with Gasteiger partial charge in [0.1, 0.15) is 11.5 Å². The van der Waals surface area contributed by atoms with Gasteiger partial charge < -0.3 is 9.15 Å². The third-order valence-corrected chi connectivity index (χ3v) is 5.77. The molecule has 0 aliphatic heterocycles. The molecule has 140 valence electrons. The Hall–Kier alpha value is -3.10. The summed E-state index contributed by atoms with van der Waals surface area (Å²) in [5.74, 6) is 0.819. The number of amides is 1. The first-order chi connectivity index (χ1) is 13.7. The summed E-state index contributed by atoms with van der Waals surface area (Å²) in [4.78, 5) is 16.7. The summed E-state index contributed by atoms with van der Waals surface area (Å²) in [6.45, 7) is 0. The summed E-state index contributed by atoms with van der Waals surface area (Å²) in [5, 5.41) is 4.66. The minimum Gasteiger partial charge on any atom is -0.497 e. The first kappa shape index (κ1) is 18.3. The summed E-state index contributed by atoms with van der Waals surface area (Å²) in [5.41, 5.74) is 3.91. The van der Waals surface area contributed by atoms with Crippen LogP contribution in [0.15, 0.2) is 79.6 Å². The molecule has 6 nitrogen and oxygen atoms in total. The number of benzene rings is 2. The van der Waals surface area contributed by atoms with Crippen LogP contribution < -0.4 is 10.2 Å². The van der Waals surface area contributed by atoms with Crippen LogP contribution in [0.5, 0.6) is 5.75 Å². The third-order valence-electron chi connectivity index (χ3n) is 3.75. The Balaban J connectivity index is 1.38. The van der Waals surface area contributed by atoms with Crippen LogP contribution in [0, 0.1) is 0 Å². The van der Waals surface area contributed by atoms with Crippen molar-refractivity contribution in [3.63, 3.8) is 0 Å². The van der Waals surface area contributed by atoms with Crippen molar-refractivity contribution in [2.75, 3.05) is 7.11 Å². The molecule has 0 aliphatic carbocycles. The van der Waals surface area contributed by atoms with E-state index >= 15 is 0 Å². The number of rotatable bonds is 6. The summed E-state index contributed by atoms with van der Waals surface area (Å²) in [6.07, 6.45) is 1.46. The molecule has 4 rings (SSSR count). The molecule has 0 unspecified atom stereocenters. The van der Waals surface area contributed by atoms with Crippen LogP contribution >= 0.6 is 23.1 Å². The average molecular weight is 409 g/mol. The summed E-state index contributed by atoms with van der Waals surface area (Å²) in [6, 6.07) is 18.5. The second kappa shape index (κ2) is 8.28.